The zero-order valence-corrected chi connectivity index (χ0v) is 14.6. The summed E-state index contributed by atoms with van der Waals surface area (Å²) in [4.78, 5) is 14.0. The van der Waals surface area contributed by atoms with Crippen LogP contribution in [0, 0.1) is 0 Å². The van der Waals surface area contributed by atoms with Crippen LogP contribution < -0.4 is 20.3 Å². The average molecular weight is 350 g/mol. The highest BCUT2D eigenvalue weighted by Crippen LogP contribution is 2.30. The maximum Gasteiger partial charge on any atom is 0.221 e. The van der Waals surface area contributed by atoms with Crippen molar-refractivity contribution in [3.63, 3.8) is 0 Å². The molecule has 0 radical (unpaired) electrons. The molecule has 1 aliphatic rings. The number of carbonyl (C=O) groups is 1. The predicted octanol–water partition coefficient (Wildman–Crippen LogP) is 1.84. The Morgan fingerprint density at radius 1 is 1.36 bits per heavy atom. The number of para-hydroxylation sites is 2. The van der Waals surface area contributed by atoms with E-state index in [1.54, 1.807) is 7.11 Å². The quantitative estimate of drug-likeness (QED) is 0.822. The predicted molar refractivity (Wildman–Crippen MR) is 94.8 cm³/mol. The Balaban J connectivity index is 0.00000220. The Hall–Kier alpha value is -1.17. The first-order valence-corrected chi connectivity index (χ1v) is 7.06. The summed E-state index contributed by atoms with van der Waals surface area (Å²) in [5.74, 6) is 1.00. The first-order chi connectivity index (χ1) is 9.74. The smallest absolute Gasteiger partial charge is 0.221 e. The summed E-state index contributed by atoms with van der Waals surface area (Å²) < 4.78 is 5.39. The van der Waals surface area contributed by atoms with E-state index in [0.29, 0.717) is 6.42 Å². The van der Waals surface area contributed by atoms with Crippen molar-refractivity contribution in [2.45, 2.75) is 18.9 Å². The lowest BCUT2D eigenvalue weighted by Gasteiger charge is -2.21. The van der Waals surface area contributed by atoms with E-state index >= 15 is 0 Å². The summed E-state index contributed by atoms with van der Waals surface area (Å²) in [5, 5.41) is 6.07. The second-order valence-corrected chi connectivity index (χ2v) is 5.02. The van der Waals surface area contributed by atoms with Gasteiger partial charge in [-0.15, -0.1) is 24.8 Å². The topological polar surface area (TPSA) is 53.6 Å². The van der Waals surface area contributed by atoms with Gasteiger partial charge in [-0.25, -0.2) is 0 Å². The fourth-order valence-corrected chi connectivity index (χ4v) is 2.53. The lowest BCUT2D eigenvalue weighted by molar-refractivity contribution is -0.121. The largest absolute Gasteiger partial charge is 0.495 e. The van der Waals surface area contributed by atoms with Crippen LogP contribution in [0.5, 0.6) is 5.75 Å². The van der Waals surface area contributed by atoms with Gasteiger partial charge in [0.25, 0.3) is 0 Å². The van der Waals surface area contributed by atoms with Gasteiger partial charge in [0.2, 0.25) is 5.91 Å². The van der Waals surface area contributed by atoms with E-state index in [4.69, 9.17) is 4.74 Å². The van der Waals surface area contributed by atoms with Gasteiger partial charge in [0.15, 0.2) is 0 Å². The van der Waals surface area contributed by atoms with Gasteiger partial charge in [-0.05, 0) is 25.6 Å². The monoisotopic (exact) mass is 349 g/mol. The first kappa shape index (κ1) is 20.8. The second kappa shape index (κ2) is 10.5. The third-order valence-corrected chi connectivity index (χ3v) is 3.58. The number of hydrogen-bond acceptors (Lipinski definition) is 4. The van der Waals surface area contributed by atoms with Gasteiger partial charge in [0, 0.05) is 32.1 Å². The maximum atomic E-state index is 11.7. The molecule has 1 saturated heterocycles. The second-order valence-electron chi connectivity index (χ2n) is 5.02. The highest BCUT2D eigenvalue weighted by Gasteiger charge is 2.25. The Morgan fingerprint density at radius 2 is 2.09 bits per heavy atom. The molecular formula is C15H25Cl2N3O2. The molecule has 1 aromatic rings. The number of hydrogen-bond donors (Lipinski definition) is 2. The molecule has 1 heterocycles. The number of rotatable bonds is 6. The SMILES string of the molecule is CNCCC(=O)NC1CCN(c2ccccc2OC)C1.Cl.Cl. The Labute approximate surface area is 144 Å². The fourth-order valence-electron chi connectivity index (χ4n) is 2.53. The summed E-state index contributed by atoms with van der Waals surface area (Å²) in [6, 6.07) is 8.23. The third kappa shape index (κ3) is 5.55. The number of carbonyl (C=O) groups excluding carboxylic acids is 1. The molecule has 5 nitrogen and oxygen atoms in total. The molecule has 126 valence electrons. The fraction of sp³-hybridized carbons (Fsp3) is 0.533. The number of nitrogens with one attached hydrogen (secondary N) is 2. The first-order valence-electron chi connectivity index (χ1n) is 7.06. The van der Waals surface area contributed by atoms with E-state index in [1.165, 1.54) is 0 Å². The number of halogens is 2. The molecule has 2 rings (SSSR count). The van der Waals surface area contributed by atoms with E-state index in [-0.39, 0.29) is 36.8 Å². The zero-order valence-electron chi connectivity index (χ0n) is 13.0. The lowest BCUT2D eigenvalue weighted by atomic mass is 10.2. The Morgan fingerprint density at radius 3 is 2.77 bits per heavy atom. The van der Waals surface area contributed by atoms with E-state index in [1.807, 2.05) is 25.2 Å². The number of nitrogens with zero attached hydrogens (tertiary/aromatic N) is 1. The van der Waals surface area contributed by atoms with Crippen molar-refractivity contribution >= 4 is 36.4 Å². The zero-order chi connectivity index (χ0) is 14.4. The minimum absolute atomic E-state index is 0. The molecule has 1 unspecified atom stereocenters. The van der Waals surface area contributed by atoms with Crippen LogP contribution in [0.1, 0.15) is 12.8 Å². The minimum atomic E-state index is 0. The lowest BCUT2D eigenvalue weighted by Crippen LogP contribution is -2.38. The molecule has 1 fully saturated rings. The Bertz CT molecular complexity index is 460. The van der Waals surface area contributed by atoms with Crippen molar-refractivity contribution in [3.05, 3.63) is 24.3 Å². The van der Waals surface area contributed by atoms with Crippen molar-refractivity contribution in [2.75, 3.05) is 38.7 Å². The van der Waals surface area contributed by atoms with E-state index < -0.39 is 0 Å². The van der Waals surface area contributed by atoms with Gasteiger partial charge in [-0.2, -0.15) is 0 Å². The van der Waals surface area contributed by atoms with Crippen molar-refractivity contribution in [3.8, 4) is 5.75 Å². The van der Waals surface area contributed by atoms with Crippen molar-refractivity contribution < 1.29 is 9.53 Å². The molecule has 0 spiro atoms. The summed E-state index contributed by atoms with van der Waals surface area (Å²) in [7, 11) is 3.54. The van der Waals surface area contributed by atoms with Crippen LogP contribution in [0.25, 0.3) is 0 Å². The molecule has 0 aliphatic carbocycles. The van der Waals surface area contributed by atoms with Crippen molar-refractivity contribution in [1.82, 2.24) is 10.6 Å². The van der Waals surface area contributed by atoms with Crippen molar-refractivity contribution in [2.24, 2.45) is 0 Å². The van der Waals surface area contributed by atoms with Crippen LogP contribution in [-0.4, -0.2) is 45.7 Å². The molecular weight excluding hydrogens is 325 g/mol. The molecule has 2 N–H and O–H groups in total. The summed E-state index contributed by atoms with van der Waals surface area (Å²) in [5.41, 5.74) is 1.10. The Kier molecular flexibility index (Phi) is 9.98. The minimum Gasteiger partial charge on any atom is -0.495 e. The molecule has 0 saturated carbocycles. The van der Waals surface area contributed by atoms with Gasteiger partial charge >= 0.3 is 0 Å². The van der Waals surface area contributed by atoms with Gasteiger partial charge in [0.05, 0.1) is 12.8 Å². The van der Waals surface area contributed by atoms with E-state index in [9.17, 15) is 4.79 Å². The molecule has 1 aromatic carbocycles. The average Bonchev–Trinajstić information content (AvgIpc) is 2.93. The molecule has 0 bridgehead atoms. The van der Waals surface area contributed by atoms with Gasteiger partial charge < -0.3 is 20.3 Å². The number of amides is 1. The normalized spacial score (nSPS) is 16.5. The molecule has 7 heteroatoms. The highest BCUT2D eigenvalue weighted by molar-refractivity contribution is 5.85. The van der Waals surface area contributed by atoms with Crippen LogP contribution in [0.2, 0.25) is 0 Å². The third-order valence-electron chi connectivity index (χ3n) is 3.58. The standard InChI is InChI=1S/C15H23N3O2.2ClH/c1-16-9-7-15(19)17-12-8-10-18(11-12)13-5-3-4-6-14(13)20-2;;/h3-6,12,16H,7-11H2,1-2H3,(H,17,19);2*1H. The maximum absolute atomic E-state index is 11.7. The number of anilines is 1. The van der Waals surface area contributed by atoms with Crippen LogP contribution in [-0.2, 0) is 4.79 Å². The van der Waals surface area contributed by atoms with Crippen LogP contribution in [0.15, 0.2) is 24.3 Å². The molecule has 1 amide bonds. The highest BCUT2D eigenvalue weighted by atomic mass is 35.5. The number of ether oxygens (including phenoxy) is 1. The van der Waals surface area contributed by atoms with Gasteiger partial charge in [0.1, 0.15) is 5.75 Å². The van der Waals surface area contributed by atoms with Crippen LogP contribution in [0.3, 0.4) is 0 Å². The van der Waals surface area contributed by atoms with Gasteiger partial charge in [-0.3, -0.25) is 4.79 Å². The van der Waals surface area contributed by atoms with Gasteiger partial charge in [-0.1, -0.05) is 12.1 Å². The molecule has 1 atom stereocenters. The summed E-state index contributed by atoms with van der Waals surface area (Å²) in [6.07, 6.45) is 1.50. The van der Waals surface area contributed by atoms with E-state index in [0.717, 1.165) is 37.5 Å². The number of benzene rings is 1. The number of methoxy groups -OCH3 is 1. The van der Waals surface area contributed by atoms with E-state index in [2.05, 4.69) is 21.6 Å². The molecule has 0 aromatic heterocycles. The molecule has 22 heavy (non-hydrogen) atoms. The molecule has 1 aliphatic heterocycles. The van der Waals surface area contributed by atoms with Crippen LogP contribution >= 0.6 is 24.8 Å². The summed E-state index contributed by atoms with van der Waals surface area (Å²) in [6.45, 7) is 2.50. The summed E-state index contributed by atoms with van der Waals surface area (Å²) >= 11 is 0. The van der Waals surface area contributed by atoms with Crippen molar-refractivity contribution in [1.29, 1.82) is 0 Å². The van der Waals surface area contributed by atoms with Crippen LogP contribution in [0.4, 0.5) is 5.69 Å².